The highest BCUT2D eigenvalue weighted by Gasteiger charge is 2.28. The van der Waals surface area contributed by atoms with Crippen molar-refractivity contribution < 1.29 is 28.1 Å². The van der Waals surface area contributed by atoms with E-state index in [0.717, 1.165) is 0 Å². The summed E-state index contributed by atoms with van der Waals surface area (Å²) in [7, 11) is 0. The minimum Gasteiger partial charge on any atom is -0.484 e. The number of ether oxygens (including phenoxy) is 1. The van der Waals surface area contributed by atoms with E-state index in [2.05, 4.69) is 9.72 Å². The van der Waals surface area contributed by atoms with Gasteiger partial charge in [0.25, 0.3) is 0 Å². The van der Waals surface area contributed by atoms with Gasteiger partial charge < -0.3 is 19.9 Å². The highest BCUT2D eigenvalue weighted by atomic mass is 19.4. The molecule has 98 valence electrons. The second kappa shape index (κ2) is 4.51. The Morgan fingerprint density at radius 3 is 2.61 bits per heavy atom. The first kappa shape index (κ1) is 12.7. The number of rotatable bonds is 3. The van der Waals surface area contributed by atoms with Crippen molar-refractivity contribution in [3.05, 3.63) is 30.0 Å². The molecule has 4 nitrogen and oxygen atoms in total. The van der Waals surface area contributed by atoms with Gasteiger partial charge in [-0.1, -0.05) is 0 Å². The van der Waals surface area contributed by atoms with Gasteiger partial charge in [0.2, 0.25) is 0 Å². The number of fused-ring (bicyclic) bond motifs is 1. The highest BCUT2D eigenvalue weighted by molar-refractivity contribution is 5.84. The topological polar surface area (TPSA) is 65.5 Å². The smallest absolute Gasteiger partial charge is 0.422 e. The summed E-state index contributed by atoms with van der Waals surface area (Å²) in [5.74, 6) is 0.0151. The minimum atomic E-state index is -4.41. The molecule has 2 aromatic rings. The second-order valence-electron chi connectivity index (χ2n) is 3.73. The van der Waals surface area contributed by atoms with Gasteiger partial charge in [-0.15, -0.1) is 0 Å². The van der Waals surface area contributed by atoms with Crippen molar-refractivity contribution in [1.82, 2.24) is 4.98 Å². The van der Waals surface area contributed by atoms with Crippen LogP contribution in [-0.4, -0.2) is 28.0 Å². The molecule has 0 atom stereocenters. The number of hydrogen-bond donors (Lipinski definition) is 3. The molecular formula is C11H10F3NO3. The van der Waals surface area contributed by atoms with Gasteiger partial charge in [-0.05, 0) is 18.2 Å². The van der Waals surface area contributed by atoms with E-state index in [-0.39, 0.29) is 11.3 Å². The number of hydrogen-bond acceptors (Lipinski definition) is 3. The second-order valence-corrected chi connectivity index (χ2v) is 3.73. The molecule has 1 aromatic heterocycles. The van der Waals surface area contributed by atoms with Crippen LogP contribution < -0.4 is 4.74 Å². The summed E-state index contributed by atoms with van der Waals surface area (Å²) in [5.41, 5.74) is 0.764. The van der Waals surface area contributed by atoms with Crippen LogP contribution >= 0.6 is 0 Å². The molecule has 0 saturated heterocycles. The minimum absolute atomic E-state index is 0.0151. The molecule has 0 aliphatic rings. The molecular weight excluding hydrogens is 251 g/mol. The van der Waals surface area contributed by atoms with Crippen molar-refractivity contribution >= 4 is 10.9 Å². The lowest BCUT2D eigenvalue weighted by molar-refractivity contribution is -0.153. The van der Waals surface area contributed by atoms with Gasteiger partial charge >= 0.3 is 6.18 Å². The van der Waals surface area contributed by atoms with Gasteiger partial charge in [-0.25, -0.2) is 0 Å². The Balaban J connectivity index is 2.28. The third-order valence-corrected chi connectivity index (χ3v) is 2.37. The number of halogens is 3. The number of H-pyrrole nitrogens is 1. The van der Waals surface area contributed by atoms with Gasteiger partial charge in [0.1, 0.15) is 5.75 Å². The molecule has 0 aliphatic heterocycles. The Labute approximate surface area is 99.6 Å². The molecule has 0 fully saturated rings. The van der Waals surface area contributed by atoms with Gasteiger partial charge in [-0.3, -0.25) is 0 Å². The molecule has 1 aromatic carbocycles. The standard InChI is InChI=1S/C11H10F3NO3/c12-11(13,14)5-18-6-1-2-9-7(3-6)8(4-15-9)10(16)17/h1-4,10,15-17H,5H2. The SMILES string of the molecule is OC(O)c1c[nH]c2ccc(OCC(F)(F)F)cc12. The molecule has 0 radical (unpaired) electrons. The molecule has 1 heterocycles. The van der Waals surface area contributed by atoms with E-state index < -0.39 is 19.1 Å². The summed E-state index contributed by atoms with van der Waals surface area (Å²) in [6.45, 7) is -1.39. The lowest BCUT2D eigenvalue weighted by atomic mass is 10.1. The summed E-state index contributed by atoms with van der Waals surface area (Å²) < 4.78 is 40.6. The van der Waals surface area contributed by atoms with Crippen LogP contribution in [0.15, 0.2) is 24.4 Å². The molecule has 0 saturated carbocycles. The zero-order chi connectivity index (χ0) is 13.3. The third-order valence-electron chi connectivity index (χ3n) is 2.37. The summed E-state index contributed by atoms with van der Waals surface area (Å²) in [4.78, 5) is 2.77. The molecule has 3 N–H and O–H groups in total. The van der Waals surface area contributed by atoms with E-state index in [1.807, 2.05) is 0 Å². The quantitative estimate of drug-likeness (QED) is 0.741. The Kier molecular flexibility index (Phi) is 3.18. The highest BCUT2D eigenvalue weighted by Crippen LogP contribution is 2.27. The van der Waals surface area contributed by atoms with E-state index >= 15 is 0 Å². The lowest BCUT2D eigenvalue weighted by Gasteiger charge is -2.09. The van der Waals surface area contributed by atoms with Crippen LogP contribution in [0.25, 0.3) is 10.9 Å². The molecule has 0 aliphatic carbocycles. The fraction of sp³-hybridized carbons (Fsp3) is 0.273. The van der Waals surface area contributed by atoms with Gasteiger partial charge in [0.15, 0.2) is 12.9 Å². The number of aliphatic hydroxyl groups excluding tert-OH is 1. The zero-order valence-electron chi connectivity index (χ0n) is 9.03. The fourth-order valence-electron chi connectivity index (χ4n) is 1.59. The van der Waals surface area contributed by atoms with E-state index in [9.17, 15) is 13.2 Å². The van der Waals surface area contributed by atoms with Crippen LogP contribution in [-0.2, 0) is 0 Å². The van der Waals surface area contributed by atoms with Crippen LogP contribution in [0.5, 0.6) is 5.75 Å². The fourth-order valence-corrected chi connectivity index (χ4v) is 1.59. The molecule has 18 heavy (non-hydrogen) atoms. The molecule has 7 heteroatoms. The van der Waals surface area contributed by atoms with Crippen LogP contribution in [0, 0.1) is 0 Å². The molecule has 0 spiro atoms. The summed E-state index contributed by atoms with van der Waals surface area (Å²) in [5, 5.41) is 18.6. The van der Waals surface area contributed by atoms with Crippen LogP contribution in [0.4, 0.5) is 13.2 Å². The summed E-state index contributed by atoms with van der Waals surface area (Å²) >= 11 is 0. The van der Waals surface area contributed by atoms with E-state index in [0.29, 0.717) is 10.9 Å². The first-order valence-corrected chi connectivity index (χ1v) is 5.03. The van der Waals surface area contributed by atoms with Gasteiger partial charge in [0.05, 0.1) is 0 Å². The predicted molar refractivity (Wildman–Crippen MR) is 57.0 cm³/mol. The predicted octanol–water partition coefficient (Wildman–Crippen LogP) is 2.09. The number of nitrogens with one attached hydrogen (secondary N) is 1. The number of alkyl halides is 3. The van der Waals surface area contributed by atoms with Crippen LogP contribution in [0.2, 0.25) is 0 Å². The van der Waals surface area contributed by atoms with E-state index in [1.54, 1.807) is 0 Å². The average molecular weight is 261 g/mol. The largest absolute Gasteiger partial charge is 0.484 e. The van der Waals surface area contributed by atoms with Crippen molar-refractivity contribution in [3.63, 3.8) is 0 Å². The molecule has 2 rings (SSSR count). The zero-order valence-corrected chi connectivity index (χ0v) is 9.03. The Morgan fingerprint density at radius 2 is 2.00 bits per heavy atom. The number of aliphatic hydroxyl groups is 2. The maximum atomic E-state index is 12.0. The van der Waals surface area contributed by atoms with Crippen molar-refractivity contribution in [2.24, 2.45) is 0 Å². The van der Waals surface area contributed by atoms with E-state index in [1.165, 1.54) is 24.4 Å². The average Bonchev–Trinajstić information content (AvgIpc) is 2.68. The Bertz CT molecular complexity index is 548. The normalized spacial score (nSPS) is 12.3. The third kappa shape index (κ3) is 2.74. The van der Waals surface area contributed by atoms with Crippen molar-refractivity contribution in [2.45, 2.75) is 12.5 Å². The van der Waals surface area contributed by atoms with Crippen LogP contribution in [0.3, 0.4) is 0 Å². The molecule has 0 amide bonds. The van der Waals surface area contributed by atoms with Gasteiger partial charge in [-0.2, -0.15) is 13.2 Å². The maximum absolute atomic E-state index is 12.0. The number of benzene rings is 1. The van der Waals surface area contributed by atoms with Crippen molar-refractivity contribution in [2.75, 3.05) is 6.61 Å². The van der Waals surface area contributed by atoms with Crippen LogP contribution in [0.1, 0.15) is 11.9 Å². The molecule has 0 bridgehead atoms. The summed E-state index contributed by atoms with van der Waals surface area (Å²) in [6, 6.07) is 4.21. The maximum Gasteiger partial charge on any atom is 0.422 e. The first-order chi connectivity index (χ1) is 8.37. The number of aromatic nitrogens is 1. The Hall–Kier alpha value is -1.73. The molecule has 0 unspecified atom stereocenters. The van der Waals surface area contributed by atoms with Crippen molar-refractivity contribution in [3.8, 4) is 5.75 Å². The lowest BCUT2D eigenvalue weighted by Crippen LogP contribution is -2.19. The van der Waals surface area contributed by atoms with Crippen molar-refractivity contribution in [1.29, 1.82) is 0 Å². The van der Waals surface area contributed by atoms with Gasteiger partial charge in [0, 0.05) is 22.7 Å². The number of aromatic amines is 1. The summed E-state index contributed by atoms with van der Waals surface area (Å²) in [6.07, 6.45) is -4.73. The Morgan fingerprint density at radius 1 is 1.28 bits per heavy atom. The van der Waals surface area contributed by atoms with E-state index in [4.69, 9.17) is 10.2 Å². The monoisotopic (exact) mass is 261 g/mol. The first-order valence-electron chi connectivity index (χ1n) is 5.03.